The van der Waals surface area contributed by atoms with Crippen molar-refractivity contribution in [3.05, 3.63) is 60.7 Å². The Labute approximate surface area is 189 Å². The highest BCUT2D eigenvalue weighted by molar-refractivity contribution is 5.62. The van der Waals surface area contributed by atoms with E-state index in [1.807, 2.05) is 26.0 Å². The molecule has 0 fully saturated rings. The SMILES string of the molecule is CC.CCCCCCCCC(C)CCCCCC.c1ccc(-c2ccccc2)cc1. The summed E-state index contributed by atoms with van der Waals surface area (Å²) in [6.07, 6.45) is 17.3. The zero-order valence-corrected chi connectivity index (χ0v) is 20.8. The first kappa shape index (κ1) is 28.4. The van der Waals surface area contributed by atoms with Crippen LogP contribution in [0, 0.1) is 5.92 Å². The fraction of sp³-hybridized carbons (Fsp3) is 0.600. The van der Waals surface area contributed by atoms with Gasteiger partial charge < -0.3 is 0 Å². The fourth-order valence-corrected chi connectivity index (χ4v) is 3.60. The summed E-state index contributed by atoms with van der Waals surface area (Å²) in [5.74, 6) is 0.975. The van der Waals surface area contributed by atoms with Crippen LogP contribution in [0.5, 0.6) is 0 Å². The molecule has 0 N–H and O–H groups in total. The van der Waals surface area contributed by atoms with Crippen LogP contribution in [0.2, 0.25) is 0 Å². The van der Waals surface area contributed by atoms with Gasteiger partial charge in [0.25, 0.3) is 0 Å². The van der Waals surface area contributed by atoms with Gasteiger partial charge in [-0.25, -0.2) is 0 Å². The average molecular weight is 411 g/mol. The third kappa shape index (κ3) is 16.3. The van der Waals surface area contributed by atoms with Gasteiger partial charge in [0.1, 0.15) is 0 Å². The van der Waals surface area contributed by atoms with Gasteiger partial charge in [0, 0.05) is 0 Å². The molecule has 30 heavy (non-hydrogen) atoms. The molecule has 0 saturated carbocycles. The molecule has 2 aromatic carbocycles. The summed E-state index contributed by atoms with van der Waals surface area (Å²) in [5, 5.41) is 0. The number of rotatable bonds is 13. The van der Waals surface area contributed by atoms with Crippen LogP contribution in [0.4, 0.5) is 0 Å². The quantitative estimate of drug-likeness (QED) is 0.288. The molecule has 0 saturated heterocycles. The summed E-state index contributed by atoms with van der Waals surface area (Å²) in [4.78, 5) is 0. The second-order valence-electron chi connectivity index (χ2n) is 8.24. The van der Waals surface area contributed by atoms with Crippen molar-refractivity contribution in [2.75, 3.05) is 0 Å². The van der Waals surface area contributed by atoms with Gasteiger partial charge in [-0.05, 0) is 17.0 Å². The van der Waals surface area contributed by atoms with E-state index in [9.17, 15) is 0 Å². The van der Waals surface area contributed by atoms with Gasteiger partial charge in [0.15, 0.2) is 0 Å². The van der Waals surface area contributed by atoms with E-state index in [1.54, 1.807) is 0 Å². The second kappa shape index (κ2) is 22.1. The Morgan fingerprint density at radius 1 is 0.500 bits per heavy atom. The number of unbranched alkanes of at least 4 members (excludes halogenated alkanes) is 8. The van der Waals surface area contributed by atoms with Crippen molar-refractivity contribution < 1.29 is 0 Å². The molecule has 0 nitrogen and oxygen atoms in total. The van der Waals surface area contributed by atoms with Crippen LogP contribution in [0.3, 0.4) is 0 Å². The second-order valence-corrected chi connectivity index (χ2v) is 8.24. The van der Waals surface area contributed by atoms with Crippen molar-refractivity contribution in [1.29, 1.82) is 0 Å². The number of benzene rings is 2. The van der Waals surface area contributed by atoms with Crippen molar-refractivity contribution in [2.24, 2.45) is 5.92 Å². The molecule has 0 heteroatoms. The normalized spacial score (nSPS) is 11.0. The first-order valence-electron chi connectivity index (χ1n) is 12.9. The molecule has 0 aliphatic heterocycles. The Morgan fingerprint density at radius 2 is 0.833 bits per heavy atom. The molecule has 0 aliphatic carbocycles. The lowest BCUT2D eigenvalue weighted by Crippen LogP contribution is -1.95. The Bertz CT molecular complexity index is 505. The summed E-state index contributed by atoms with van der Waals surface area (Å²) in [5.41, 5.74) is 2.55. The fourth-order valence-electron chi connectivity index (χ4n) is 3.60. The van der Waals surface area contributed by atoms with E-state index in [2.05, 4.69) is 69.3 Å². The zero-order chi connectivity index (χ0) is 22.3. The molecule has 170 valence electrons. The average Bonchev–Trinajstić information content (AvgIpc) is 2.82. The van der Waals surface area contributed by atoms with Crippen LogP contribution >= 0.6 is 0 Å². The summed E-state index contributed by atoms with van der Waals surface area (Å²) >= 11 is 0. The third-order valence-corrected chi connectivity index (χ3v) is 5.48. The molecule has 0 aromatic heterocycles. The minimum Gasteiger partial charge on any atom is -0.0683 e. The van der Waals surface area contributed by atoms with Gasteiger partial charge in [-0.2, -0.15) is 0 Å². The van der Waals surface area contributed by atoms with Crippen LogP contribution in [0.1, 0.15) is 112 Å². The maximum Gasteiger partial charge on any atom is -0.0184 e. The summed E-state index contributed by atoms with van der Waals surface area (Å²) < 4.78 is 0. The van der Waals surface area contributed by atoms with Crippen molar-refractivity contribution in [3.8, 4) is 11.1 Å². The number of hydrogen-bond acceptors (Lipinski definition) is 0. The van der Waals surface area contributed by atoms with E-state index in [1.165, 1.54) is 88.2 Å². The lowest BCUT2D eigenvalue weighted by molar-refractivity contribution is 0.434. The molecule has 0 spiro atoms. The van der Waals surface area contributed by atoms with Crippen LogP contribution in [0.25, 0.3) is 11.1 Å². The van der Waals surface area contributed by atoms with E-state index >= 15 is 0 Å². The smallest absolute Gasteiger partial charge is 0.0184 e. The molecule has 2 rings (SSSR count). The van der Waals surface area contributed by atoms with Gasteiger partial charge in [-0.15, -0.1) is 0 Å². The predicted octanol–water partition coefficient (Wildman–Crippen LogP) is 10.7. The van der Waals surface area contributed by atoms with Crippen molar-refractivity contribution in [2.45, 2.75) is 112 Å². The molecule has 1 atom stereocenters. The molecule has 1 unspecified atom stereocenters. The largest absolute Gasteiger partial charge is 0.0683 e. The van der Waals surface area contributed by atoms with E-state index in [-0.39, 0.29) is 0 Å². The Morgan fingerprint density at radius 3 is 1.23 bits per heavy atom. The van der Waals surface area contributed by atoms with Gasteiger partial charge in [-0.1, -0.05) is 172 Å². The van der Waals surface area contributed by atoms with Gasteiger partial charge in [-0.3, -0.25) is 0 Å². The molecule has 0 bridgehead atoms. The van der Waals surface area contributed by atoms with E-state index in [0.29, 0.717) is 0 Å². The standard InChI is InChI=1S/C16H34.C12H10.C2H6/c1-4-6-8-10-11-13-15-16(3)14-12-9-7-5-2;1-3-7-11(8-4-1)12-9-5-2-6-10-12;1-2/h16H,4-15H2,1-3H3;1-10H;1-2H3. The maximum atomic E-state index is 2.44. The first-order chi connectivity index (χ1) is 14.8. The van der Waals surface area contributed by atoms with Crippen molar-refractivity contribution in [3.63, 3.8) is 0 Å². The molecule has 0 amide bonds. The van der Waals surface area contributed by atoms with Crippen LogP contribution in [-0.2, 0) is 0 Å². The topological polar surface area (TPSA) is 0 Å². The van der Waals surface area contributed by atoms with E-state index < -0.39 is 0 Å². The minimum atomic E-state index is 0.975. The van der Waals surface area contributed by atoms with Crippen LogP contribution in [-0.4, -0.2) is 0 Å². The van der Waals surface area contributed by atoms with E-state index in [4.69, 9.17) is 0 Å². The van der Waals surface area contributed by atoms with E-state index in [0.717, 1.165) is 5.92 Å². The highest BCUT2D eigenvalue weighted by Crippen LogP contribution is 2.18. The molecule has 0 aliphatic rings. The predicted molar refractivity (Wildman–Crippen MR) is 139 cm³/mol. The monoisotopic (exact) mass is 410 g/mol. The Hall–Kier alpha value is -1.56. The summed E-state index contributed by atoms with van der Waals surface area (Å²) in [6, 6.07) is 20.8. The lowest BCUT2D eigenvalue weighted by Gasteiger charge is -2.10. The number of hydrogen-bond donors (Lipinski definition) is 0. The van der Waals surface area contributed by atoms with Crippen LogP contribution in [0.15, 0.2) is 60.7 Å². The molecule has 2 aromatic rings. The summed E-state index contributed by atoms with van der Waals surface area (Å²) in [7, 11) is 0. The van der Waals surface area contributed by atoms with Crippen molar-refractivity contribution >= 4 is 0 Å². The van der Waals surface area contributed by atoms with Gasteiger partial charge in [0.2, 0.25) is 0 Å². The van der Waals surface area contributed by atoms with Crippen molar-refractivity contribution in [1.82, 2.24) is 0 Å². The lowest BCUT2D eigenvalue weighted by atomic mass is 9.96. The maximum absolute atomic E-state index is 2.44. The third-order valence-electron chi connectivity index (χ3n) is 5.48. The molecule has 0 radical (unpaired) electrons. The Kier molecular flexibility index (Phi) is 21.0. The van der Waals surface area contributed by atoms with Gasteiger partial charge in [0.05, 0.1) is 0 Å². The Balaban J connectivity index is 0.000000531. The highest BCUT2D eigenvalue weighted by atomic mass is 14.1. The first-order valence-corrected chi connectivity index (χ1v) is 12.9. The molecular weight excluding hydrogens is 360 g/mol. The summed E-state index contributed by atoms with van der Waals surface area (Å²) in [6.45, 7) is 11.0. The minimum absolute atomic E-state index is 0.975. The molecule has 0 heterocycles. The molecular formula is C30H50. The van der Waals surface area contributed by atoms with Gasteiger partial charge >= 0.3 is 0 Å². The highest BCUT2D eigenvalue weighted by Gasteiger charge is 2.01. The van der Waals surface area contributed by atoms with Crippen LogP contribution < -0.4 is 0 Å². The zero-order valence-electron chi connectivity index (χ0n) is 20.8.